The summed E-state index contributed by atoms with van der Waals surface area (Å²) in [6, 6.07) is 3.44. The molecule has 6 heteroatoms. The average molecular weight is 316 g/mol. The number of hydrogen-bond donors (Lipinski definition) is 1. The molecule has 1 amide bonds. The maximum absolute atomic E-state index is 13.1. The summed E-state index contributed by atoms with van der Waals surface area (Å²) < 4.78 is 13.1. The molecule has 0 aliphatic carbocycles. The molecule has 1 aliphatic heterocycles. The number of alkyl halides is 1. The predicted octanol–water partition coefficient (Wildman–Crippen LogP) is 2.27. The highest BCUT2D eigenvalue weighted by molar-refractivity contribution is 9.09. The SMILES string of the molecule is O=C(O)c1cc(F)ccc1N1CC(CBr)CC1=O. The Kier molecular flexibility index (Phi) is 3.65. The van der Waals surface area contributed by atoms with Crippen molar-refractivity contribution >= 4 is 33.5 Å². The van der Waals surface area contributed by atoms with Crippen LogP contribution in [0.4, 0.5) is 10.1 Å². The van der Waals surface area contributed by atoms with Crippen LogP contribution in [-0.4, -0.2) is 28.9 Å². The van der Waals surface area contributed by atoms with E-state index >= 15 is 0 Å². The Balaban J connectivity index is 2.39. The van der Waals surface area contributed by atoms with Crippen molar-refractivity contribution in [2.45, 2.75) is 6.42 Å². The number of carboxylic acid groups (broad SMARTS) is 1. The molecule has 0 aromatic heterocycles. The van der Waals surface area contributed by atoms with Crippen LogP contribution in [0, 0.1) is 11.7 Å². The van der Waals surface area contributed by atoms with Crippen molar-refractivity contribution in [1.82, 2.24) is 0 Å². The molecule has 96 valence electrons. The lowest BCUT2D eigenvalue weighted by Gasteiger charge is -2.18. The maximum atomic E-state index is 13.1. The molecule has 1 saturated heterocycles. The summed E-state index contributed by atoms with van der Waals surface area (Å²) in [5.41, 5.74) is 0.0796. The zero-order valence-electron chi connectivity index (χ0n) is 9.40. The van der Waals surface area contributed by atoms with E-state index in [-0.39, 0.29) is 23.1 Å². The van der Waals surface area contributed by atoms with Gasteiger partial charge in [-0.1, -0.05) is 15.9 Å². The van der Waals surface area contributed by atoms with Crippen LogP contribution in [0.3, 0.4) is 0 Å². The van der Waals surface area contributed by atoms with Gasteiger partial charge in [-0.25, -0.2) is 9.18 Å². The van der Waals surface area contributed by atoms with Gasteiger partial charge in [0.05, 0.1) is 11.3 Å². The number of carbonyl (C=O) groups is 2. The van der Waals surface area contributed by atoms with Gasteiger partial charge in [0.1, 0.15) is 5.82 Å². The van der Waals surface area contributed by atoms with E-state index in [0.717, 1.165) is 12.1 Å². The minimum atomic E-state index is -1.24. The minimum Gasteiger partial charge on any atom is -0.478 e. The average Bonchev–Trinajstić information content (AvgIpc) is 2.70. The van der Waals surface area contributed by atoms with E-state index in [1.807, 2.05) is 0 Å². The third kappa shape index (κ3) is 2.38. The number of nitrogens with zero attached hydrogens (tertiary/aromatic N) is 1. The molecule has 1 unspecified atom stereocenters. The number of benzene rings is 1. The number of carbonyl (C=O) groups excluding carboxylic acids is 1. The zero-order valence-corrected chi connectivity index (χ0v) is 11.0. The second-order valence-electron chi connectivity index (χ2n) is 4.20. The Labute approximate surface area is 112 Å². The van der Waals surface area contributed by atoms with Crippen LogP contribution in [0.25, 0.3) is 0 Å². The molecule has 1 aliphatic rings. The van der Waals surface area contributed by atoms with Crippen molar-refractivity contribution in [3.8, 4) is 0 Å². The van der Waals surface area contributed by atoms with E-state index in [1.165, 1.54) is 11.0 Å². The van der Waals surface area contributed by atoms with Gasteiger partial charge < -0.3 is 10.0 Å². The molecule has 0 spiro atoms. The number of carboxylic acids is 1. The molecule has 0 radical (unpaired) electrons. The third-order valence-corrected chi connectivity index (χ3v) is 3.82. The first-order valence-corrected chi connectivity index (χ1v) is 6.54. The molecular formula is C12H11BrFNO3. The number of aromatic carboxylic acids is 1. The first-order chi connectivity index (χ1) is 8.52. The molecule has 4 nitrogen and oxygen atoms in total. The van der Waals surface area contributed by atoms with E-state index in [2.05, 4.69) is 15.9 Å². The summed E-state index contributed by atoms with van der Waals surface area (Å²) in [6.45, 7) is 0.454. The molecule has 2 rings (SSSR count). The summed E-state index contributed by atoms with van der Waals surface area (Å²) in [7, 11) is 0. The van der Waals surface area contributed by atoms with Crippen LogP contribution in [0.5, 0.6) is 0 Å². The summed E-state index contributed by atoms with van der Waals surface area (Å²) in [6.07, 6.45) is 0.377. The zero-order chi connectivity index (χ0) is 13.3. The lowest BCUT2D eigenvalue weighted by atomic mass is 10.1. The molecular weight excluding hydrogens is 305 g/mol. The number of anilines is 1. The normalized spacial score (nSPS) is 19.3. The Morgan fingerprint density at radius 3 is 2.83 bits per heavy atom. The van der Waals surface area contributed by atoms with E-state index in [0.29, 0.717) is 18.3 Å². The van der Waals surface area contributed by atoms with Crippen molar-refractivity contribution in [1.29, 1.82) is 0 Å². The number of rotatable bonds is 3. The fourth-order valence-corrected chi connectivity index (χ4v) is 2.47. The summed E-state index contributed by atoms with van der Waals surface area (Å²) in [5, 5.41) is 9.73. The van der Waals surface area contributed by atoms with E-state index in [4.69, 9.17) is 5.11 Å². The highest BCUT2D eigenvalue weighted by Crippen LogP contribution is 2.29. The molecule has 1 fully saturated rings. The van der Waals surface area contributed by atoms with E-state index in [1.54, 1.807) is 0 Å². The largest absolute Gasteiger partial charge is 0.478 e. The van der Waals surface area contributed by atoms with Gasteiger partial charge in [-0.2, -0.15) is 0 Å². The Morgan fingerprint density at radius 2 is 2.28 bits per heavy atom. The van der Waals surface area contributed by atoms with Crippen LogP contribution < -0.4 is 4.90 Å². The van der Waals surface area contributed by atoms with Gasteiger partial charge in [-0.15, -0.1) is 0 Å². The van der Waals surface area contributed by atoms with Gasteiger partial charge in [0.15, 0.2) is 0 Å². The van der Waals surface area contributed by atoms with Crippen molar-refractivity contribution in [2.75, 3.05) is 16.8 Å². The Morgan fingerprint density at radius 1 is 1.56 bits per heavy atom. The lowest BCUT2D eigenvalue weighted by molar-refractivity contribution is -0.117. The topological polar surface area (TPSA) is 57.6 Å². The van der Waals surface area contributed by atoms with Crippen molar-refractivity contribution < 1.29 is 19.1 Å². The van der Waals surface area contributed by atoms with Gasteiger partial charge in [-0.05, 0) is 24.1 Å². The Bertz CT molecular complexity index is 506. The second kappa shape index (κ2) is 5.06. The summed E-state index contributed by atoms with van der Waals surface area (Å²) >= 11 is 3.31. The molecule has 1 aromatic rings. The first kappa shape index (κ1) is 13.0. The van der Waals surface area contributed by atoms with Gasteiger partial charge in [0, 0.05) is 18.3 Å². The van der Waals surface area contributed by atoms with Crippen LogP contribution in [0.2, 0.25) is 0 Å². The van der Waals surface area contributed by atoms with E-state index in [9.17, 15) is 14.0 Å². The van der Waals surface area contributed by atoms with Gasteiger partial charge in [0.25, 0.3) is 0 Å². The molecule has 0 saturated carbocycles. The fourth-order valence-electron chi connectivity index (χ4n) is 2.03. The molecule has 1 atom stereocenters. The van der Waals surface area contributed by atoms with Crippen LogP contribution >= 0.6 is 15.9 Å². The van der Waals surface area contributed by atoms with Crippen molar-refractivity contribution in [3.63, 3.8) is 0 Å². The van der Waals surface area contributed by atoms with Crippen molar-refractivity contribution in [2.24, 2.45) is 5.92 Å². The summed E-state index contributed by atoms with van der Waals surface area (Å²) in [4.78, 5) is 24.3. The van der Waals surface area contributed by atoms with E-state index < -0.39 is 11.8 Å². The van der Waals surface area contributed by atoms with Gasteiger partial charge >= 0.3 is 5.97 Å². The van der Waals surface area contributed by atoms with Crippen LogP contribution in [0.15, 0.2) is 18.2 Å². The predicted molar refractivity (Wildman–Crippen MR) is 67.6 cm³/mol. The molecule has 0 bridgehead atoms. The lowest BCUT2D eigenvalue weighted by Crippen LogP contribution is -2.26. The monoisotopic (exact) mass is 315 g/mol. The standard InChI is InChI=1S/C12H11BrFNO3/c13-5-7-3-11(16)15(6-7)10-2-1-8(14)4-9(10)12(17)18/h1-2,4,7H,3,5-6H2,(H,17,18). The number of amides is 1. The maximum Gasteiger partial charge on any atom is 0.337 e. The molecule has 18 heavy (non-hydrogen) atoms. The smallest absolute Gasteiger partial charge is 0.337 e. The minimum absolute atomic E-state index is 0.131. The molecule has 1 aromatic carbocycles. The molecule has 1 N–H and O–H groups in total. The van der Waals surface area contributed by atoms with Gasteiger partial charge in [0.2, 0.25) is 5.91 Å². The Hall–Kier alpha value is -1.43. The highest BCUT2D eigenvalue weighted by Gasteiger charge is 2.32. The quantitative estimate of drug-likeness (QED) is 0.870. The fraction of sp³-hybridized carbons (Fsp3) is 0.333. The van der Waals surface area contributed by atoms with Gasteiger partial charge in [-0.3, -0.25) is 4.79 Å². The number of hydrogen-bond acceptors (Lipinski definition) is 2. The van der Waals surface area contributed by atoms with Crippen molar-refractivity contribution in [3.05, 3.63) is 29.6 Å². The first-order valence-electron chi connectivity index (χ1n) is 5.42. The highest BCUT2D eigenvalue weighted by atomic mass is 79.9. The van der Waals surface area contributed by atoms with Crippen LogP contribution in [-0.2, 0) is 4.79 Å². The van der Waals surface area contributed by atoms with Crippen LogP contribution in [0.1, 0.15) is 16.8 Å². The summed E-state index contributed by atoms with van der Waals surface area (Å²) in [5.74, 6) is -1.84. The second-order valence-corrected chi connectivity index (χ2v) is 4.84. The third-order valence-electron chi connectivity index (χ3n) is 2.90. The molecule has 1 heterocycles. The number of halogens is 2.